The lowest BCUT2D eigenvalue weighted by Crippen LogP contribution is -2.50. The molecule has 0 saturated carbocycles. The van der Waals surface area contributed by atoms with E-state index in [1.165, 1.54) is 14.8 Å². The van der Waals surface area contributed by atoms with Crippen molar-refractivity contribution in [1.82, 2.24) is 10.4 Å². The number of nitrogens with one attached hydrogen (secondary N) is 1. The third kappa shape index (κ3) is 3.56. The van der Waals surface area contributed by atoms with Crippen LogP contribution in [0.2, 0.25) is 0 Å². The van der Waals surface area contributed by atoms with E-state index in [-0.39, 0.29) is 11.8 Å². The number of carbonyl (C=O) groups excluding carboxylic acids is 2. The van der Waals surface area contributed by atoms with E-state index in [1.54, 1.807) is 11.3 Å². The quantitative estimate of drug-likeness (QED) is 0.921. The molecule has 1 N–H and O–H groups in total. The highest BCUT2D eigenvalue weighted by atomic mass is 32.1. The Labute approximate surface area is 117 Å². The van der Waals surface area contributed by atoms with Gasteiger partial charge in [0.05, 0.1) is 6.54 Å². The monoisotopic (exact) mass is 280 g/mol. The SMILES string of the molecule is CCCC(=O)NN1CC(c2ccc(C)s2)CCC1=O. The van der Waals surface area contributed by atoms with Gasteiger partial charge in [0.1, 0.15) is 0 Å². The van der Waals surface area contributed by atoms with Gasteiger partial charge in [0, 0.05) is 28.5 Å². The van der Waals surface area contributed by atoms with Crippen molar-refractivity contribution in [3.8, 4) is 0 Å². The summed E-state index contributed by atoms with van der Waals surface area (Å²) in [6.07, 6.45) is 2.64. The molecule has 1 unspecified atom stereocenters. The molecule has 5 heteroatoms. The zero-order valence-corrected chi connectivity index (χ0v) is 12.3. The molecule has 0 spiro atoms. The maximum Gasteiger partial charge on any atom is 0.241 e. The Morgan fingerprint density at radius 1 is 1.53 bits per heavy atom. The molecule has 1 fully saturated rings. The fourth-order valence-corrected chi connectivity index (χ4v) is 3.30. The molecule has 4 nitrogen and oxygen atoms in total. The summed E-state index contributed by atoms with van der Waals surface area (Å²) >= 11 is 1.78. The van der Waals surface area contributed by atoms with Crippen LogP contribution >= 0.6 is 11.3 Å². The molecule has 0 aliphatic carbocycles. The smallest absolute Gasteiger partial charge is 0.241 e. The van der Waals surface area contributed by atoms with Crippen LogP contribution in [0.15, 0.2) is 12.1 Å². The minimum absolute atomic E-state index is 0.0222. The standard InChI is InChI=1S/C14H20N2O2S/c1-3-4-13(17)15-16-9-11(6-8-14(16)18)12-7-5-10(2)19-12/h5,7,11H,3-4,6,8-9H2,1-2H3,(H,15,17). The lowest BCUT2D eigenvalue weighted by molar-refractivity contribution is -0.144. The van der Waals surface area contributed by atoms with Gasteiger partial charge in [-0.1, -0.05) is 6.92 Å². The molecule has 1 aromatic rings. The Bertz CT molecular complexity index is 470. The molecule has 2 amide bonds. The highest BCUT2D eigenvalue weighted by Gasteiger charge is 2.28. The van der Waals surface area contributed by atoms with Gasteiger partial charge in [-0.2, -0.15) is 0 Å². The van der Waals surface area contributed by atoms with E-state index in [4.69, 9.17) is 0 Å². The number of rotatable bonds is 4. The molecule has 0 aromatic carbocycles. The van der Waals surface area contributed by atoms with Crippen molar-refractivity contribution in [2.75, 3.05) is 6.54 Å². The van der Waals surface area contributed by atoms with Crippen LogP contribution in [-0.2, 0) is 9.59 Å². The van der Waals surface area contributed by atoms with Crippen molar-refractivity contribution in [3.05, 3.63) is 21.9 Å². The first kappa shape index (κ1) is 14.1. The van der Waals surface area contributed by atoms with Crippen LogP contribution in [0.3, 0.4) is 0 Å². The molecule has 19 heavy (non-hydrogen) atoms. The van der Waals surface area contributed by atoms with Gasteiger partial charge >= 0.3 is 0 Å². The molecule has 1 aliphatic heterocycles. The number of thiophene rings is 1. The third-order valence-electron chi connectivity index (χ3n) is 3.31. The van der Waals surface area contributed by atoms with Gasteiger partial charge in [0.25, 0.3) is 0 Å². The minimum atomic E-state index is -0.0705. The fraction of sp³-hybridized carbons (Fsp3) is 0.571. The Hall–Kier alpha value is -1.36. The Kier molecular flexibility index (Phi) is 4.58. The number of hydrogen-bond acceptors (Lipinski definition) is 3. The molecule has 2 rings (SSSR count). The molecule has 1 aliphatic rings. The molecule has 1 atom stereocenters. The molecular weight excluding hydrogens is 260 g/mol. The summed E-state index contributed by atoms with van der Waals surface area (Å²) in [5.74, 6) is 0.297. The van der Waals surface area contributed by atoms with Crippen molar-refractivity contribution in [2.24, 2.45) is 0 Å². The van der Waals surface area contributed by atoms with E-state index in [0.717, 1.165) is 12.8 Å². The van der Waals surface area contributed by atoms with E-state index in [2.05, 4.69) is 24.5 Å². The van der Waals surface area contributed by atoms with Crippen molar-refractivity contribution in [2.45, 2.75) is 45.4 Å². The van der Waals surface area contributed by atoms with Crippen LogP contribution in [0.1, 0.15) is 48.3 Å². The van der Waals surface area contributed by atoms with Crippen LogP contribution in [0.4, 0.5) is 0 Å². The van der Waals surface area contributed by atoms with E-state index in [1.807, 2.05) is 6.92 Å². The van der Waals surface area contributed by atoms with Gasteiger partial charge in [-0.3, -0.25) is 20.0 Å². The van der Waals surface area contributed by atoms with Crippen molar-refractivity contribution < 1.29 is 9.59 Å². The second kappa shape index (κ2) is 6.19. The molecule has 2 heterocycles. The average molecular weight is 280 g/mol. The lowest BCUT2D eigenvalue weighted by Gasteiger charge is -2.32. The third-order valence-corrected chi connectivity index (χ3v) is 4.47. The molecule has 104 valence electrons. The molecule has 0 bridgehead atoms. The second-order valence-corrected chi connectivity index (χ2v) is 6.29. The van der Waals surface area contributed by atoms with Gasteiger partial charge in [-0.15, -0.1) is 11.3 Å². The average Bonchev–Trinajstić information content (AvgIpc) is 2.79. The Morgan fingerprint density at radius 2 is 2.32 bits per heavy atom. The summed E-state index contributed by atoms with van der Waals surface area (Å²) in [5.41, 5.74) is 2.73. The minimum Gasteiger partial charge on any atom is -0.273 e. The predicted octanol–water partition coefficient (Wildman–Crippen LogP) is 2.59. The summed E-state index contributed by atoms with van der Waals surface area (Å²) in [4.78, 5) is 26.0. The topological polar surface area (TPSA) is 49.4 Å². The number of carbonyl (C=O) groups is 2. The van der Waals surface area contributed by atoms with Gasteiger partial charge in [0.15, 0.2) is 0 Å². The number of nitrogens with zero attached hydrogens (tertiary/aromatic N) is 1. The number of hydrazine groups is 1. The first-order valence-electron chi connectivity index (χ1n) is 6.76. The number of amides is 2. The van der Waals surface area contributed by atoms with Crippen LogP contribution < -0.4 is 5.43 Å². The highest BCUT2D eigenvalue weighted by molar-refractivity contribution is 7.12. The van der Waals surface area contributed by atoms with Gasteiger partial charge < -0.3 is 0 Å². The van der Waals surface area contributed by atoms with Gasteiger partial charge in [0.2, 0.25) is 11.8 Å². The lowest BCUT2D eigenvalue weighted by atomic mass is 9.97. The van der Waals surface area contributed by atoms with E-state index in [0.29, 0.717) is 25.3 Å². The number of aryl methyl sites for hydroxylation is 1. The van der Waals surface area contributed by atoms with E-state index >= 15 is 0 Å². The molecular formula is C14H20N2O2S. The zero-order valence-electron chi connectivity index (χ0n) is 11.4. The predicted molar refractivity (Wildman–Crippen MR) is 75.8 cm³/mol. The fourth-order valence-electron chi connectivity index (χ4n) is 2.29. The van der Waals surface area contributed by atoms with Gasteiger partial charge in [-0.05, 0) is 31.9 Å². The highest BCUT2D eigenvalue weighted by Crippen LogP contribution is 2.31. The Morgan fingerprint density at radius 3 is 2.95 bits per heavy atom. The second-order valence-electron chi connectivity index (χ2n) is 4.97. The summed E-state index contributed by atoms with van der Waals surface area (Å²) < 4.78 is 0. The maximum absolute atomic E-state index is 11.8. The van der Waals surface area contributed by atoms with Crippen LogP contribution in [0.25, 0.3) is 0 Å². The van der Waals surface area contributed by atoms with Crippen molar-refractivity contribution >= 4 is 23.2 Å². The molecule has 1 saturated heterocycles. The van der Waals surface area contributed by atoms with Crippen LogP contribution in [0, 0.1) is 6.92 Å². The Balaban J connectivity index is 1.99. The number of piperidine rings is 1. The summed E-state index contributed by atoms with van der Waals surface area (Å²) in [7, 11) is 0. The number of hydrogen-bond donors (Lipinski definition) is 1. The largest absolute Gasteiger partial charge is 0.273 e. The van der Waals surface area contributed by atoms with Crippen molar-refractivity contribution in [1.29, 1.82) is 0 Å². The summed E-state index contributed by atoms with van der Waals surface area (Å²) in [5, 5.41) is 1.50. The van der Waals surface area contributed by atoms with Crippen LogP contribution in [-0.4, -0.2) is 23.4 Å². The first-order valence-corrected chi connectivity index (χ1v) is 7.58. The first-order chi connectivity index (χ1) is 9.10. The van der Waals surface area contributed by atoms with E-state index < -0.39 is 0 Å². The molecule has 1 aromatic heterocycles. The van der Waals surface area contributed by atoms with Gasteiger partial charge in [-0.25, -0.2) is 0 Å². The van der Waals surface area contributed by atoms with Crippen molar-refractivity contribution in [3.63, 3.8) is 0 Å². The molecule has 0 radical (unpaired) electrons. The maximum atomic E-state index is 11.8. The van der Waals surface area contributed by atoms with E-state index in [9.17, 15) is 9.59 Å². The summed E-state index contributed by atoms with van der Waals surface area (Å²) in [6.45, 7) is 4.63. The normalized spacial score (nSPS) is 19.6. The zero-order chi connectivity index (χ0) is 13.8. The van der Waals surface area contributed by atoms with Crippen LogP contribution in [0.5, 0.6) is 0 Å². The summed E-state index contributed by atoms with van der Waals surface area (Å²) in [6, 6.07) is 4.24.